The lowest BCUT2D eigenvalue weighted by Gasteiger charge is -2.35. The van der Waals surface area contributed by atoms with Crippen molar-refractivity contribution < 1.29 is 28.9 Å². The molecule has 0 amide bonds. The number of esters is 1. The Balaban J connectivity index is 2.36. The molecule has 0 bridgehead atoms. The maximum atomic E-state index is 15.1. The van der Waals surface area contributed by atoms with Gasteiger partial charge in [0.25, 0.3) is 0 Å². The molecular weight excluding hydrogens is 449 g/mol. The number of allylic oxidation sites excluding steroid dienone is 1. The fourth-order valence-electron chi connectivity index (χ4n) is 4.44. The molecule has 0 spiro atoms. The topological polar surface area (TPSA) is 96.7 Å². The highest BCUT2D eigenvalue weighted by Gasteiger charge is 2.43. The Morgan fingerprint density at radius 2 is 2.00 bits per heavy atom. The summed E-state index contributed by atoms with van der Waals surface area (Å²) in [5.41, 5.74) is 0.139. The smallest absolute Gasteiger partial charge is 0.309 e. The average molecular weight is 490 g/mol. The van der Waals surface area contributed by atoms with E-state index in [1.54, 1.807) is 38.2 Å². The number of Topliss-reactive ketones (excluding diaryl/α,β-unsaturated/α-hetero) is 1. The Morgan fingerprint density at radius 3 is 2.63 bits per heavy atom. The minimum atomic E-state index is -1.34. The van der Waals surface area contributed by atoms with Crippen LogP contribution in [0.1, 0.15) is 78.8 Å². The van der Waals surface area contributed by atoms with Gasteiger partial charge in [0.2, 0.25) is 0 Å². The second-order valence-electron chi connectivity index (χ2n) is 10.2. The first-order valence-corrected chi connectivity index (χ1v) is 12.5. The van der Waals surface area contributed by atoms with Gasteiger partial charge in [0.05, 0.1) is 29.7 Å². The largest absolute Gasteiger partial charge is 0.455 e. The van der Waals surface area contributed by atoms with Crippen LogP contribution in [0.4, 0.5) is 4.39 Å². The van der Waals surface area contributed by atoms with E-state index in [4.69, 9.17) is 4.74 Å². The molecule has 1 aromatic rings. The van der Waals surface area contributed by atoms with Crippen molar-refractivity contribution in [3.63, 3.8) is 0 Å². The van der Waals surface area contributed by atoms with E-state index in [2.05, 4.69) is 4.98 Å². The number of aliphatic hydroxyl groups excluding tert-OH is 2. The van der Waals surface area contributed by atoms with Gasteiger partial charge < -0.3 is 14.9 Å². The van der Waals surface area contributed by atoms with E-state index in [1.807, 2.05) is 26.8 Å². The highest BCUT2D eigenvalue weighted by molar-refractivity contribution is 5.88. The number of carbonyl (C=O) groups excluding carboxylic acids is 2. The molecule has 0 unspecified atom stereocenters. The molecule has 0 fully saturated rings. The zero-order valence-corrected chi connectivity index (χ0v) is 21.5. The van der Waals surface area contributed by atoms with Crippen molar-refractivity contribution in [3.8, 4) is 0 Å². The van der Waals surface area contributed by atoms with Crippen molar-refractivity contribution >= 4 is 17.8 Å². The summed E-state index contributed by atoms with van der Waals surface area (Å²) in [5, 5.41) is 21.7. The minimum absolute atomic E-state index is 0.103. The Labute approximate surface area is 208 Å². The van der Waals surface area contributed by atoms with Crippen molar-refractivity contribution in [2.75, 3.05) is 0 Å². The molecule has 0 aromatic carbocycles. The molecule has 0 aliphatic carbocycles. The van der Waals surface area contributed by atoms with E-state index < -0.39 is 47.9 Å². The minimum Gasteiger partial charge on any atom is -0.455 e. The molecule has 2 N–H and O–H groups in total. The number of aliphatic hydroxyl groups is 2. The van der Waals surface area contributed by atoms with Crippen molar-refractivity contribution in [1.82, 2.24) is 4.98 Å². The third-order valence-corrected chi connectivity index (χ3v) is 7.07. The van der Waals surface area contributed by atoms with Crippen LogP contribution >= 0.6 is 0 Å². The first kappa shape index (κ1) is 28.9. The summed E-state index contributed by atoms with van der Waals surface area (Å²) in [7, 11) is 0. The average Bonchev–Trinajstić information content (AvgIpc) is 2.81. The van der Waals surface area contributed by atoms with Gasteiger partial charge in [-0.05, 0) is 56.7 Å². The van der Waals surface area contributed by atoms with E-state index in [9.17, 15) is 19.8 Å². The number of ketones is 1. The highest BCUT2D eigenvalue weighted by atomic mass is 19.1. The van der Waals surface area contributed by atoms with Gasteiger partial charge in [0.1, 0.15) is 11.6 Å². The third-order valence-electron chi connectivity index (χ3n) is 7.07. The zero-order chi connectivity index (χ0) is 26.2. The summed E-state index contributed by atoms with van der Waals surface area (Å²) < 4.78 is 20.6. The Kier molecular flexibility index (Phi) is 10.8. The predicted octanol–water partition coefficient (Wildman–Crippen LogP) is 5.19. The summed E-state index contributed by atoms with van der Waals surface area (Å²) in [6.07, 6.45) is 3.68. The standard InChI is InChI=1S/C28H40FNO5/c1-6-21-26(33)19(3)11-9-10-18(2)13-14-23(22(29)16-20-12-7-8-15-30-20)35-25(32)17-24(31)28(4,5)27(21)34/h7-8,12-13,15-16,19,21,23-24,26,31,33H,6,9-11,14,17H2,1-5H3/b18-13-,22-16?/t19-,21+,23-,24-,26-/m0/s1. The lowest BCUT2D eigenvalue weighted by atomic mass is 9.71. The molecule has 5 atom stereocenters. The molecular formula is C28H40FNO5. The number of aromatic nitrogens is 1. The highest BCUT2D eigenvalue weighted by Crippen LogP contribution is 2.34. The van der Waals surface area contributed by atoms with Crippen LogP contribution in [-0.2, 0) is 14.3 Å². The number of nitrogens with zero attached hydrogens (tertiary/aromatic N) is 1. The summed E-state index contributed by atoms with van der Waals surface area (Å²) in [6, 6.07) is 5.11. The number of hydrogen-bond donors (Lipinski definition) is 2. The van der Waals surface area contributed by atoms with Crippen LogP contribution < -0.4 is 0 Å². The Bertz CT molecular complexity index is 911. The van der Waals surface area contributed by atoms with Gasteiger partial charge in [0.15, 0.2) is 6.10 Å². The molecule has 1 aliphatic rings. The zero-order valence-electron chi connectivity index (χ0n) is 21.5. The predicted molar refractivity (Wildman–Crippen MR) is 134 cm³/mol. The maximum Gasteiger partial charge on any atom is 0.309 e. The van der Waals surface area contributed by atoms with Gasteiger partial charge in [-0.3, -0.25) is 14.6 Å². The van der Waals surface area contributed by atoms with E-state index >= 15 is 4.39 Å². The number of halogens is 1. The first-order valence-electron chi connectivity index (χ1n) is 12.5. The van der Waals surface area contributed by atoms with Crippen molar-refractivity contribution in [3.05, 3.63) is 47.6 Å². The van der Waals surface area contributed by atoms with Crippen molar-refractivity contribution in [2.24, 2.45) is 17.3 Å². The normalized spacial score (nSPS) is 31.4. The molecule has 6 nitrogen and oxygen atoms in total. The van der Waals surface area contributed by atoms with Crippen LogP contribution in [0.3, 0.4) is 0 Å². The van der Waals surface area contributed by atoms with Crippen molar-refractivity contribution in [2.45, 2.75) is 91.5 Å². The molecule has 0 saturated carbocycles. The van der Waals surface area contributed by atoms with Crippen molar-refractivity contribution in [1.29, 1.82) is 0 Å². The summed E-state index contributed by atoms with van der Waals surface area (Å²) >= 11 is 0. The van der Waals surface area contributed by atoms with E-state index in [1.165, 1.54) is 6.08 Å². The summed E-state index contributed by atoms with van der Waals surface area (Å²) in [4.78, 5) is 30.1. The second kappa shape index (κ2) is 13.1. The summed E-state index contributed by atoms with van der Waals surface area (Å²) in [6.45, 7) is 8.84. The van der Waals surface area contributed by atoms with Crippen LogP contribution in [0.25, 0.3) is 6.08 Å². The molecule has 7 heteroatoms. The Morgan fingerprint density at radius 1 is 1.29 bits per heavy atom. The quantitative estimate of drug-likeness (QED) is 0.448. The van der Waals surface area contributed by atoms with Gasteiger partial charge in [-0.1, -0.05) is 45.4 Å². The molecule has 1 aromatic heterocycles. The molecule has 0 radical (unpaired) electrons. The number of rotatable bonds is 3. The monoisotopic (exact) mass is 489 g/mol. The molecule has 2 rings (SSSR count). The second-order valence-corrected chi connectivity index (χ2v) is 10.2. The van der Waals surface area contributed by atoms with E-state index in [-0.39, 0.29) is 18.1 Å². The van der Waals surface area contributed by atoms with E-state index in [0.29, 0.717) is 12.1 Å². The molecule has 194 valence electrons. The molecule has 1 aliphatic heterocycles. The van der Waals surface area contributed by atoms with Gasteiger partial charge in [-0.25, -0.2) is 4.39 Å². The van der Waals surface area contributed by atoms with Gasteiger partial charge in [-0.2, -0.15) is 0 Å². The van der Waals surface area contributed by atoms with Crippen LogP contribution in [0.5, 0.6) is 0 Å². The van der Waals surface area contributed by atoms with Crippen LogP contribution in [0, 0.1) is 17.3 Å². The van der Waals surface area contributed by atoms with Gasteiger partial charge in [0, 0.05) is 18.5 Å². The number of cyclic esters (lactones) is 1. The molecule has 0 saturated heterocycles. The Hall–Kier alpha value is -2.38. The lowest BCUT2D eigenvalue weighted by Crippen LogP contribution is -2.46. The number of hydrogen-bond acceptors (Lipinski definition) is 6. The van der Waals surface area contributed by atoms with E-state index in [0.717, 1.165) is 24.8 Å². The summed E-state index contributed by atoms with van der Waals surface area (Å²) in [5.74, 6) is -2.49. The fourth-order valence-corrected chi connectivity index (χ4v) is 4.44. The number of ether oxygens (including phenoxy) is 1. The number of pyridine rings is 1. The first-order chi connectivity index (χ1) is 16.5. The molecule has 35 heavy (non-hydrogen) atoms. The number of carbonyl (C=O) groups is 2. The van der Waals surface area contributed by atoms with Gasteiger partial charge in [-0.15, -0.1) is 0 Å². The molecule has 2 heterocycles. The lowest BCUT2D eigenvalue weighted by molar-refractivity contribution is -0.155. The SMILES string of the molecule is CC[C@H]1C(=O)C(C)(C)[C@@H](O)CC(=O)O[C@H](C(F)=Cc2ccccn2)C/C=C(/C)CCC[C@H](C)[C@@H]1O. The fraction of sp³-hybridized carbons (Fsp3) is 0.607. The van der Waals surface area contributed by atoms with Crippen LogP contribution in [0.15, 0.2) is 41.9 Å². The van der Waals surface area contributed by atoms with Crippen LogP contribution in [0.2, 0.25) is 0 Å². The van der Waals surface area contributed by atoms with Crippen LogP contribution in [-0.4, -0.2) is 45.3 Å². The van der Waals surface area contributed by atoms with Gasteiger partial charge >= 0.3 is 5.97 Å². The maximum absolute atomic E-state index is 15.1. The third kappa shape index (κ3) is 8.07.